The van der Waals surface area contributed by atoms with E-state index in [-0.39, 0.29) is 17.2 Å². The Kier molecular flexibility index (Phi) is 6.32. The molecule has 154 valence electrons. The second kappa shape index (κ2) is 8.92. The van der Waals surface area contributed by atoms with Gasteiger partial charge in [0.15, 0.2) is 11.9 Å². The normalized spacial score (nSPS) is 11.6. The van der Waals surface area contributed by atoms with E-state index in [0.29, 0.717) is 22.0 Å². The molecule has 1 N–H and O–H groups in total. The number of nitrogens with zero attached hydrogens (tertiary/aromatic N) is 2. The molecule has 3 rings (SSSR count). The molecule has 0 radical (unpaired) electrons. The van der Waals surface area contributed by atoms with Crippen molar-refractivity contribution in [1.29, 1.82) is 0 Å². The minimum Gasteiger partial charge on any atom is -0.463 e. The zero-order chi connectivity index (χ0) is 21.8. The Balaban J connectivity index is 1.75. The first-order valence-corrected chi connectivity index (χ1v) is 9.58. The molecule has 30 heavy (non-hydrogen) atoms. The smallest absolute Gasteiger partial charge is 0.271 e. The molecule has 0 saturated carbocycles. The number of carbonyl (C=O) groups is 2. The van der Waals surface area contributed by atoms with Crippen LogP contribution in [-0.2, 0) is 4.79 Å². The van der Waals surface area contributed by atoms with Crippen LogP contribution in [0.25, 0.3) is 5.69 Å². The average Bonchev–Trinajstić information content (AvgIpc) is 2.71. The number of hydrogen-bond donors (Lipinski definition) is 1. The molecule has 0 aliphatic heterocycles. The lowest BCUT2D eigenvalue weighted by Gasteiger charge is -2.15. The summed E-state index contributed by atoms with van der Waals surface area (Å²) in [6.07, 6.45) is -0.878. The summed E-state index contributed by atoms with van der Waals surface area (Å²) in [5.74, 6) is -0.340. The van der Waals surface area contributed by atoms with Crippen molar-refractivity contribution in [3.63, 3.8) is 0 Å². The Hall–Kier alpha value is -3.45. The van der Waals surface area contributed by atoms with E-state index in [9.17, 15) is 14.4 Å². The van der Waals surface area contributed by atoms with Crippen LogP contribution in [0.1, 0.15) is 29.8 Å². The molecular weight excluding hydrogens is 406 g/mol. The Labute approximate surface area is 178 Å². The summed E-state index contributed by atoms with van der Waals surface area (Å²) in [5, 5.41) is 7.40. The van der Waals surface area contributed by atoms with Crippen LogP contribution in [-0.4, -0.2) is 27.6 Å². The van der Waals surface area contributed by atoms with Gasteiger partial charge in [-0.2, -0.15) is 4.68 Å². The molecule has 1 atom stereocenters. The minimum absolute atomic E-state index is 0.0549. The molecule has 0 fully saturated rings. The number of nitrogens with one attached hydrogen (secondary N) is 1. The molecule has 0 unspecified atom stereocenters. The molecular formula is C22H20ClN3O4. The van der Waals surface area contributed by atoms with Crippen LogP contribution in [0.3, 0.4) is 0 Å². The van der Waals surface area contributed by atoms with Crippen LogP contribution < -0.4 is 15.6 Å². The lowest BCUT2D eigenvalue weighted by atomic mass is 10.1. The molecule has 1 aromatic heterocycles. The molecule has 0 spiro atoms. The molecule has 0 bridgehead atoms. The molecule has 0 saturated heterocycles. The summed E-state index contributed by atoms with van der Waals surface area (Å²) in [7, 11) is 0. The average molecular weight is 426 g/mol. The highest BCUT2D eigenvalue weighted by atomic mass is 35.5. The van der Waals surface area contributed by atoms with Crippen LogP contribution >= 0.6 is 11.6 Å². The van der Waals surface area contributed by atoms with Crippen molar-refractivity contribution in [2.45, 2.75) is 26.9 Å². The van der Waals surface area contributed by atoms with Crippen molar-refractivity contribution >= 4 is 29.0 Å². The fourth-order valence-corrected chi connectivity index (χ4v) is 2.87. The standard InChI is InChI=1S/C22H20ClN3O4/c1-13-4-7-17(23)12-19(13)26-21(28)11-10-20(25-26)30-15(3)22(29)24-18-8-5-16(6-9-18)14(2)27/h4-12,15H,1-3H3,(H,24,29)/t15-/m0/s1. The van der Waals surface area contributed by atoms with E-state index in [0.717, 1.165) is 5.56 Å². The molecule has 8 heteroatoms. The predicted octanol–water partition coefficient (Wildman–Crippen LogP) is 3.80. The van der Waals surface area contributed by atoms with Crippen molar-refractivity contribution in [2.24, 2.45) is 0 Å². The molecule has 7 nitrogen and oxygen atoms in total. The van der Waals surface area contributed by atoms with E-state index in [1.165, 1.54) is 23.7 Å². The van der Waals surface area contributed by atoms with Gasteiger partial charge in [0, 0.05) is 28.4 Å². The maximum Gasteiger partial charge on any atom is 0.271 e. The van der Waals surface area contributed by atoms with Crippen molar-refractivity contribution < 1.29 is 14.3 Å². The largest absolute Gasteiger partial charge is 0.463 e. The first kappa shape index (κ1) is 21.3. The van der Waals surface area contributed by atoms with Gasteiger partial charge in [-0.25, -0.2) is 0 Å². The van der Waals surface area contributed by atoms with E-state index >= 15 is 0 Å². The molecule has 2 aromatic carbocycles. The Morgan fingerprint density at radius 2 is 1.80 bits per heavy atom. The van der Waals surface area contributed by atoms with Crippen LogP contribution in [0.15, 0.2) is 59.4 Å². The van der Waals surface area contributed by atoms with Gasteiger partial charge in [-0.1, -0.05) is 17.7 Å². The second-order valence-corrected chi connectivity index (χ2v) is 7.17. The number of ketones is 1. The first-order valence-electron chi connectivity index (χ1n) is 9.20. The number of aryl methyl sites for hydroxylation is 1. The lowest BCUT2D eigenvalue weighted by Crippen LogP contribution is -2.31. The number of amides is 1. The maximum atomic E-state index is 12.4. The summed E-state index contributed by atoms with van der Waals surface area (Å²) < 4.78 is 6.81. The van der Waals surface area contributed by atoms with Gasteiger partial charge in [0.2, 0.25) is 5.88 Å². The number of hydrogen-bond acceptors (Lipinski definition) is 5. The van der Waals surface area contributed by atoms with E-state index < -0.39 is 12.0 Å². The Morgan fingerprint density at radius 3 is 2.47 bits per heavy atom. The number of aromatic nitrogens is 2. The summed E-state index contributed by atoms with van der Waals surface area (Å²) in [6, 6.07) is 14.4. The van der Waals surface area contributed by atoms with Crippen molar-refractivity contribution in [3.8, 4) is 11.6 Å². The third-order valence-electron chi connectivity index (χ3n) is 4.40. The SMILES string of the molecule is CC(=O)c1ccc(NC(=O)[C@H](C)Oc2ccc(=O)n(-c3cc(Cl)ccc3C)n2)cc1. The fraction of sp³-hybridized carbons (Fsp3) is 0.182. The van der Waals surface area contributed by atoms with Crippen molar-refractivity contribution in [1.82, 2.24) is 9.78 Å². The Morgan fingerprint density at radius 1 is 1.10 bits per heavy atom. The topological polar surface area (TPSA) is 90.3 Å². The third kappa shape index (κ3) is 4.93. The van der Waals surface area contributed by atoms with E-state index in [1.54, 1.807) is 49.4 Å². The summed E-state index contributed by atoms with van der Waals surface area (Å²) in [6.45, 7) is 4.88. The molecule has 3 aromatic rings. The molecule has 1 amide bonds. The third-order valence-corrected chi connectivity index (χ3v) is 4.64. The number of halogens is 1. The van der Waals surface area contributed by atoms with Gasteiger partial charge in [-0.3, -0.25) is 14.4 Å². The maximum absolute atomic E-state index is 12.4. The number of anilines is 1. The van der Waals surface area contributed by atoms with Gasteiger partial charge < -0.3 is 10.1 Å². The van der Waals surface area contributed by atoms with E-state index in [4.69, 9.17) is 16.3 Å². The molecule has 1 heterocycles. The number of Topliss-reactive ketones (excluding diaryl/α,β-unsaturated/α-hetero) is 1. The molecule has 0 aliphatic carbocycles. The summed E-state index contributed by atoms with van der Waals surface area (Å²) >= 11 is 6.04. The fourth-order valence-electron chi connectivity index (χ4n) is 2.71. The predicted molar refractivity (Wildman–Crippen MR) is 115 cm³/mol. The Bertz CT molecular complexity index is 1160. The molecule has 0 aliphatic rings. The van der Waals surface area contributed by atoms with Crippen LogP contribution in [0.4, 0.5) is 5.69 Å². The highest BCUT2D eigenvalue weighted by Gasteiger charge is 2.17. The minimum atomic E-state index is -0.878. The zero-order valence-corrected chi connectivity index (χ0v) is 17.4. The van der Waals surface area contributed by atoms with Gasteiger partial charge in [0.25, 0.3) is 11.5 Å². The summed E-state index contributed by atoms with van der Waals surface area (Å²) in [5.41, 5.74) is 2.08. The van der Waals surface area contributed by atoms with E-state index in [1.807, 2.05) is 6.92 Å². The highest BCUT2D eigenvalue weighted by Crippen LogP contribution is 2.19. The van der Waals surface area contributed by atoms with Gasteiger partial charge in [-0.15, -0.1) is 5.10 Å². The number of benzene rings is 2. The lowest BCUT2D eigenvalue weighted by molar-refractivity contribution is -0.122. The van der Waals surface area contributed by atoms with Gasteiger partial charge >= 0.3 is 0 Å². The van der Waals surface area contributed by atoms with Crippen LogP contribution in [0.5, 0.6) is 5.88 Å². The van der Waals surface area contributed by atoms with Crippen LogP contribution in [0, 0.1) is 6.92 Å². The van der Waals surface area contributed by atoms with Gasteiger partial charge in [0.1, 0.15) is 0 Å². The van der Waals surface area contributed by atoms with Crippen molar-refractivity contribution in [2.75, 3.05) is 5.32 Å². The second-order valence-electron chi connectivity index (χ2n) is 6.74. The quantitative estimate of drug-likeness (QED) is 0.606. The van der Waals surface area contributed by atoms with Crippen molar-refractivity contribution in [3.05, 3.63) is 81.1 Å². The monoisotopic (exact) mass is 425 g/mol. The number of ether oxygens (including phenoxy) is 1. The number of carbonyl (C=O) groups excluding carboxylic acids is 2. The zero-order valence-electron chi connectivity index (χ0n) is 16.7. The van der Waals surface area contributed by atoms with Gasteiger partial charge in [-0.05, 0) is 62.7 Å². The number of rotatable bonds is 6. The van der Waals surface area contributed by atoms with Crippen LogP contribution in [0.2, 0.25) is 5.02 Å². The van der Waals surface area contributed by atoms with Gasteiger partial charge in [0.05, 0.1) is 5.69 Å². The first-order chi connectivity index (χ1) is 14.2. The highest BCUT2D eigenvalue weighted by molar-refractivity contribution is 6.30. The van der Waals surface area contributed by atoms with E-state index in [2.05, 4.69) is 10.4 Å². The summed E-state index contributed by atoms with van der Waals surface area (Å²) in [4.78, 5) is 36.0.